The monoisotopic (exact) mass is 522 g/mol. The molecular formula is C25H35N2O8P. The van der Waals surface area contributed by atoms with Crippen molar-refractivity contribution in [1.29, 1.82) is 0 Å². The molecule has 0 bridgehead atoms. The van der Waals surface area contributed by atoms with Crippen LogP contribution in [0.5, 0.6) is 0 Å². The largest absolute Gasteiger partial charge is 0.462 e. The van der Waals surface area contributed by atoms with Crippen LogP contribution in [0.15, 0.2) is 21.9 Å². The van der Waals surface area contributed by atoms with Crippen molar-refractivity contribution >= 4 is 14.7 Å². The Hall–Kier alpha value is -2.31. The van der Waals surface area contributed by atoms with Crippen LogP contribution in [0.4, 0.5) is 0 Å². The Balaban J connectivity index is 1.60. The van der Waals surface area contributed by atoms with Gasteiger partial charge in [-0.3, -0.25) is 23.7 Å². The summed E-state index contributed by atoms with van der Waals surface area (Å²) in [7, 11) is -0.492. The third kappa shape index (κ3) is 6.71. The van der Waals surface area contributed by atoms with E-state index in [9.17, 15) is 18.9 Å². The summed E-state index contributed by atoms with van der Waals surface area (Å²) in [4.78, 5) is 38.6. The summed E-state index contributed by atoms with van der Waals surface area (Å²) in [5.74, 6) is 2.13. The molecule has 2 fully saturated rings. The first-order valence-corrected chi connectivity index (χ1v) is 13.2. The standard InChI is InChI=1S/C25H35N2O8P/c1-4-17(22(29)34-18-8-6-7-9-18)11-14-32-15-12-19-20(16-33-36-31)35-23(25(19,3)5-2)27-13-10-21(28)26-24(27)30/h2,10,13,17-20,23H,4,6-9,11-12,14-16H2,1,3H3,(H,26,28,30)/t17?,19-,20-,23-,25-/m1/s1. The molecule has 3 rings (SSSR count). The fourth-order valence-corrected chi connectivity index (χ4v) is 5.36. The van der Waals surface area contributed by atoms with Gasteiger partial charge in [0.25, 0.3) is 5.56 Å². The molecule has 10 nitrogen and oxygen atoms in total. The van der Waals surface area contributed by atoms with Crippen molar-refractivity contribution in [1.82, 2.24) is 9.55 Å². The molecule has 11 heteroatoms. The number of terminal acetylenes is 1. The number of esters is 1. The predicted molar refractivity (Wildman–Crippen MR) is 131 cm³/mol. The number of hydrogen-bond acceptors (Lipinski definition) is 8. The van der Waals surface area contributed by atoms with E-state index in [4.69, 9.17) is 25.2 Å². The van der Waals surface area contributed by atoms with Gasteiger partial charge in [-0.05, 0) is 51.9 Å². The van der Waals surface area contributed by atoms with E-state index in [1.807, 2.05) is 6.92 Å². The first kappa shape index (κ1) is 28.3. The highest BCUT2D eigenvalue weighted by Crippen LogP contribution is 2.50. The zero-order chi connectivity index (χ0) is 26.1. The summed E-state index contributed by atoms with van der Waals surface area (Å²) in [6.45, 7) is 4.51. The van der Waals surface area contributed by atoms with E-state index in [-0.39, 0.29) is 30.5 Å². The Morgan fingerprint density at radius 3 is 2.75 bits per heavy atom. The second-order valence-electron chi connectivity index (χ2n) is 9.59. The Labute approximate surface area is 212 Å². The summed E-state index contributed by atoms with van der Waals surface area (Å²) in [6.07, 6.45) is 11.8. The lowest BCUT2D eigenvalue weighted by molar-refractivity contribution is -0.154. The molecular weight excluding hydrogens is 487 g/mol. The fourth-order valence-electron chi connectivity index (χ4n) is 5.15. The van der Waals surface area contributed by atoms with Crippen LogP contribution in [0.3, 0.4) is 0 Å². The van der Waals surface area contributed by atoms with Crippen LogP contribution in [-0.4, -0.2) is 47.5 Å². The van der Waals surface area contributed by atoms with Gasteiger partial charge in [-0.2, -0.15) is 0 Å². The van der Waals surface area contributed by atoms with Gasteiger partial charge >= 0.3 is 20.3 Å². The molecule has 1 saturated carbocycles. The van der Waals surface area contributed by atoms with Gasteiger partial charge < -0.3 is 14.2 Å². The first-order chi connectivity index (χ1) is 17.3. The van der Waals surface area contributed by atoms with E-state index in [0.717, 1.165) is 25.7 Å². The molecule has 0 radical (unpaired) electrons. The highest BCUT2D eigenvalue weighted by atomic mass is 31.1. The van der Waals surface area contributed by atoms with Crippen LogP contribution in [-0.2, 0) is 28.1 Å². The number of carbonyl (C=O) groups is 1. The summed E-state index contributed by atoms with van der Waals surface area (Å²) >= 11 is 0. The molecule has 0 amide bonds. The van der Waals surface area contributed by atoms with Crippen LogP contribution in [0, 0.1) is 29.6 Å². The highest BCUT2D eigenvalue weighted by molar-refractivity contribution is 7.17. The zero-order valence-corrected chi connectivity index (χ0v) is 21.7. The second-order valence-corrected chi connectivity index (χ2v) is 9.99. The summed E-state index contributed by atoms with van der Waals surface area (Å²) < 4.78 is 34.9. The van der Waals surface area contributed by atoms with Crippen molar-refractivity contribution in [3.8, 4) is 12.3 Å². The maximum absolute atomic E-state index is 12.5. The summed E-state index contributed by atoms with van der Waals surface area (Å²) in [5, 5.41) is 0. The number of nitrogens with one attached hydrogen (secondary N) is 1. The molecule has 2 aliphatic rings. The van der Waals surface area contributed by atoms with Crippen LogP contribution >= 0.6 is 8.69 Å². The SMILES string of the molecule is C#C[C@]1(C)[C@H](CCOCCC(CC)C(=O)OC2CCCC2)[C@@H](COP=O)O[C@H]1n1ccc(=O)[nH]c1=O. The maximum atomic E-state index is 12.5. The summed E-state index contributed by atoms with van der Waals surface area (Å²) in [6, 6.07) is 1.22. The Bertz CT molecular complexity index is 1040. The van der Waals surface area contributed by atoms with E-state index >= 15 is 0 Å². The fraction of sp³-hybridized carbons (Fsp3) is 0.720. The Morgan fingerprint density at radius 1 is 1.36 bits per heavy atom. The van der Waals surface area contributed by atoms with E-state index in [2.05, 4.69) is 10.9 Å². The van der Waals surface area contributed by atoms with Gasteiger partial charge in [0.1, 0.15) is 6.10 Å². The van der Waals surface area contributed by atoms with Crippen LogP contribution in [0.2, 0.25) is 0 Å². The summed E-state index contributed by atoms with van der Waals surface area (Å²) in [5.41, 5.74) is -2.09. The van der Waals surface area contributed by atoms with Crippen LogP contribution in [0.1, 0.15) is 65.0 Å². The van der Waals surface area contributed by atoms with Crippen molar-refractivity contribution < 1.29 is 28.1 Å². The quantitative estimate of drug-likeness (QED) is 0.181. The molecule has 1 aromatic rings. The zero-order valence-electron chi connectivity index (χ0n) is 20.9. The van der Waals surface area contributed by atoms with E-state index in [0.29, 0.717) is 32.5 Å². The Morgan fingerprint density at radius 2 is 2.11 bits per heavy atom. The number of hydrogen-bond donors (Lipinski definition) is 1. The van der Waals surface area contributed by atoms with Gasteiger partial charge in [0.15, 0.2) is 6.23 Å². The van der Waals surface area contributed by atoms with Gasteiger partial charge in [-0.1, -0.05) is 12.8 Å². The lowest BCUT2D eigenvalue weighted by atomic mass is 9.74. The van der Waals surface area contributed by atoms with Gasteiger partial charge in [0.2, 0.25) is 0 Å². The Kier molecular flexibility index (Phi) is 10.4. The molecule has 1 aliphatic heterocycles. The number of H-pyrrole nitrogens is 1. The molecule has 1 unspecified atom stereocenters. The van der Waals surface area contributed by atoms with Crippen molar-refractivity contribution in [3.63, 3.8) is 0 Å². The lowest BCUT2D eigenvalue weighted by Crippen LogP contribution is -2.38. The number of carbonyl (C=O) groups excluding carboxylic acids is 1. The van der Waals surface area contributed by atoms with Crippen molar-refractivity contribution in [3.05, 3.63) is 33.1 Å². The van der Waals surface area contributed by atoms with Gasteiger partial charge in [0, 0.05) is 31.4 Å². The smallest absolute Gasteiger partial charge is 0.330 e. The third-order valence-electron chi connectivity index (χ3n) is 7.34. The van der Waals surface area contributed by atoms with Crippen molar-refractivity contribution in [2.24, 2.45) is 17.3 Å². The van der Waals surface area contributed by atoms with E-state index in [1.165, 1.54) is 16.8 Å². The van der Waals surface area contributed by atoms with E-state index in [1.54, 1.807) is 6.92 Å². The number of aromatic nitrogens is 2. The van der Waals surface area contributed by atoms with Crippen molar-refractivity contribution in [2.75, 3.05) is 19.8 Å². The van der Waals surface area contributed by atoms with Crippen LogP contribution < -0.4 is 11.2 Å². The molecule has 198 valence electrons. The third-order valence-corrected chi connectivity index (χ3v) is 7.59. The number of nitrogens with zero attached hydrogens (tertiary/aromatic N) is 1. The molecule has 1 N–H and O–H groups in total. The average molecular weight is 523 g/mol. The average Bonchev–Trinajstić information content (AvgIpc) is 3.46. The molecule has 1 saturated heterocycles. The minimum absolute atomic E-state index is 0.00646. The molecule has 5 atom stereocenters. The minimum atomic E-state index is -0.934. The molecule has 2 heterocycles. The lowest BCUT2D eigenvalue weighted by Gasteiger charge is -2.31. The van der Waals surface area contributed by atoms with Gasteiger partial charge in [0.05, 0.1) is 24.0 Å². The topological polar surface area (TPSA) is 126 Å². The van der Waals surface area contributed by atoms with Crippen molar-refractivity contribution in [2.45, 2.75) is 77.2 Å². The van der Waals surface area contributed by atoms with Gasteiger partial charge in [-0.15, -0.1) is 6.42 Å². The molecule has 1 aromatic heterocycles. The molecule has 36 heavy (non-hydrogen) atoms. The number of rotatable bonds is 13. The normalized spacial score (nSPS) is 27.2. The number of ether oxygens (including phenoxy) is 3. The first-order valence-electron chi connectivity index (χ1n) is 12.5. The maximum Gasteiger partial charge on any atom is 0.330 e. The van der Waals surface area contributed by atoms with Crippen LogP contribution in [0.25, 0.3) is 0 Å². The molecule has 0 spiro atoms. The van der Waals surface area contributed by atoms with Gasteiger partial charge in [-0.25, -0.2) is 9.36 Å². The predicted octanol–water partition coefficient (Wildman–Crippen LogP) is 3.22. The highest BCUT2D eigenvalue weighted by Gasteiger charge is 2.53. The minimum Gasteiger partial charge on any atom is -0.462 e. The second kappa shape index (κ2) is 13.3. The molecule has 1 aliphatic carbocycles. The molecule has 0 aromatic carbocycles. The number of aromatic amines is 1. The van der Waals surface area contributed by atoms with E-state index < -0.39 is 37.7 Å².